The van der Waals surface area contributed by atoms with E-state index in [1.165, 1.54) is 11.1 Å². The number of ether oxygens (including phenoxy) is 4. The molecule has 0 fully saturated rings. The maximum Gasteiger partial charge on any atom is 0.231 e. The van der Waals surface area contributed by atoms with Crippen LogP contribution in [-0.4, -0.2) is 20.0 Å². The summed E-state index contributed by atoms with van der Waals surface area (Å²) in [6.07, 6.45) is 5.01. The van der Waals surface area contributed by atoms with Gasteiger partial charge in [-0.3, -0.25) is 0 Å². The molecule has 2 aliphatic rings. The summed E-state index contributed by atoms with van der Waals surface area (Å²) in [4.78, 5) is 0. The first-order chi connectivity index (χ1) is 12.2. The summed E-state index contributed by atoms with van der Waals surface area (Å²) in [5.74, 6) is 3.58. The molecular formula is C21H22O4. The van der Waals surface area contributed by atoms with Crippen LogP contribution in [0.3, 0.4) is 0 Å². The molecule has 4 heteroatoms. The lowest BCUT2D eigenvalue weighted by molar-refractivity contribution is 0.174. The van der Waals surface area contributed by atoms with Crippen molar-refractivity contribution < 1.29 is 18.9 Å². The van der Waals surface area contributed by atoms with E-state index in [2.05, 4.69) is 25.1 Å². The summed E-state index contributed by atoms with van der Waals surface area (Å²) in [7, 11) is 1.69. The Balaban J connectivity index is 1.60. The fourth-order valence-corrected chi connectivity index (χ4v) is 3.52. The normalized spacial score (nSPS) is 20.6. The van der Waals surface area contributed by atoms with Crippen LogP contribution >= 0.6 is 0 Å². The predicted molar refractivity (Wildman–Crippen MR) is 96.8 cm³/mol. The van der Waals surface area contributed by atoms with Gasteiger partial charge in [-0.05, 0) is 42.3 Å². The third kappa shape index (κ3) is 2.82. The summed E-state index contributed by atoms with van der Waals surface area (Å²) in [6.45, 7) is 4.52. The van der Waals surface area contributed by atoms with Crippen molar-refractivity contribution in [2.45, 2.75) is 32.3 Å². The zero-order valence-corrected chi connectivity index (χ0v) is 14.7. The summed E-state index contributed by atoms with van der Waals surface area (Å²) < 4.78 is 22.7. The molecule has 0 aromatic heterocycles. The molecule has 0 radical (unpaired) electrons. The van der Waals surface area contributed by atoms with Gasteiger partial charge in [0.25, 0.3) is 0 Å². The predicted octanol–water partition coefficient (Wildman–Crippen LogP) is 4.56. The first-order valence-electron chi connectivity index (χ1n) is 8.59. The second-order valence-electron chi connectivity index (χ2n) is 6.48. The Morgan fingerprint density at radius 2 is 2.00 bits per heavy atom. The number of allylic oxidation sites excluding steroid dienone is 1. The molecule has 0 saturated heterocycles. The van der Waals surface area contributed by atoms with Gasteiger partial charge >= 0.3 is 0 Å². The van der Waals surface area contributed by atoms with E-state index in [-0.39, 0.29) is 6.10 Å². The van der Waals surface area contributed by atoms with Gasteiger partial charge in [0.15, 0.2) is 23.0 Å². The van der Waals surface area contributed by atoms with Crippen molar-refractivity contribution in [3.63, 3.8) is 0 Å². The summed E-state index contributed by atoms with van der Waals surface area (Å²) in [6, 6.07) is 10.3. The van der Waals surface area contributed by atoms with Crippen molar-refractivity contribution in [1.82, 2.24) is 0 Å². The maximum atomic E-state index is 6.28. The van der Waals surface area contributed by atoms with E-state index >= 15 is 0 Å². The van der Waals surface area contributed by atoms with Gasteiger partial charge in [0.05, 0.1) is 7.11 Å². The second kappa shape index (κ2) is 6.36. The molecule has 2 aromatic rings. The number of hydrogen-bond donors (Lipinski definition) is 0. The molecule has 2 aliphatic heterocycles. The van der Waals surface area contributed by atoms with Gasteiger partial charge in [-0.2, -0.15) is 0 Å². The molecule has 130 valence electrons. The van der Waals surface area contributed by atoms with E-state index in [4.69, 9.17) is 18.9 Å². The minimum Gasteiger partial charge on any atom is -0.493 e. The summed E-state index contributed by atoms with van der Waals surface area (Å²) in [5, 5.41) is 0. The van der Waals surface area contributed by atoms with Crippen LogP contribution in [0.4, 0.5) is 0 Å². The lowest BCUT2D eigenvalue weighted by Gasteiger charge is -2.16. The minimum absolute atomic E-state index is 0.0742. The average molecular weight is 338 g/mol. The van der Waals surface area contributed by atoms with Crippen molar-refractivity contribution >= 4 is 6.08 Å². The topological polar surface area (TPSA) is 36.9 Å². The van der Waals surface area contributed by atoms with Crippen LogP contribution in [0.25, 0.3) is 6.08 Å². The van der Waals surface area contributed by atoms with Crippen molar-refractivity contribution in [2.75, 3.05) is 13.9 Å². The largest absolute Gasteiger partial charge is 0.493 e. The van der Waals surface area contributed by atoms with E-state index in [1.807, 2.05) is 31.2 Å². The standard InChI is InChI=1S/C21H22O4/c1-4-5-14-8-16-13(2)18(25-21(16)20(11-14)22-3)9-15-6-7-17-19(10-15)24-12-23-17/h4-8,10-11,13,18H,9,12H2,1-3H3. The van der Waals surface area contributed by atoms with Crippen LogP contribution in [0.2, 0.25) is 0 Å². The number of hydrogen-bond acceptors (Lipinski definition) is 4. The highest BCUT2D eigenvalue weighted by Gasteiger charge is 2.34. The number of benzene rings is 2. The van der Waals surface area contributed by atoms with Crippen molar-refractivity contribution in [1.29, 1.82) is 0 Å². The third-order valence-electron chi connectivity index (χ3n) is 4.88. The molecule has 4 nitrogen and oxygen atoms in total. The molecule has 4 rings (SSSR count). The summed E-state index contributed by atoms with van der Waals surface area (Å²) >= 11 is 0. The van der Waals surface area contributed by atoms with Crippen LogP contribution in [0.5, 0.6) is 23.0 Å². The Morgan fingerprint density at radius 1 is 1.16 bits per heavy atom. The highest BCUT2D eigenvalue weighted by atomic mass is 16.7. The molecule has 25 heavy (non-hydrogen) atoms. The van der Waals surface area contributed by atoms with E-state index in [0.717, 1.165) is 35.0 Å². The minimum atomic E-state index is 0.0742. The molecule has 2 atom stereocenters. The molecule has 2 aromatic carbocycles. The van der Waals surface area contributed by atoms with Crippen molar-refractivity contribution in [3.05, 3.63) is 53.1 Å². The second-order valence-corrected chi connectivity index (χ2v) is 6.48. The maximum absolute atomic E-state index is 6.28. The van der Waals surface area contributed by atoms with Crippen LogP contribution in [0.15, 0.2) is 36.4 Å². The molecule has 0 saturated carbocycles. The van der Waals surface area contributed by atoms with Crippen LogP contribution in [0.1, 0.15) is 36.5 Å². The molecular weight excluding hydrogens is 316 g/mol. The fourth-order valence-electron chi connectivity index (χ4n) is 3.52. The van der Waals surface area contributed by atoms with Crippen LogP contribution in [-0.2, 0) is 6.42 Å². The molecule has 0 amide bonds. The van der Waals surface area contributed by atoms with Gasteiger partial charge in [0.2, 0.25) is 6.79 Å². The first kappa shape index (κ1) is 15.9. The Hall–Kier alpha value is -2.62. The van der Waals surface area contributed by atoms with Crippen LogP contribution < -0.4 is 18.9 Å². The molecule has 2 heterocycles. The van der Waals surface area contributed by atoms with Crippen molar-refractivity contribution in [3.8, 4) is 23.0 Å². The van der Waals surface area contributed by atoms with Gasteiger partial charge < -0.3 is 18.9 Å². The highest BCUT2D eigenvalue weighted by Crippen LogP contribution is 2.46. The number of rotatable bonds is 4. The van der Waals surface area contributed by atoms with E-state index in [0.29, 0.717) is 12.7 Å². The Bertz CT molecular complexity index is 825. The Kier molecular flexibility index (Phi) is 4.04. The molecule has 2 unspecified atom stereocenters. The lowest BCUT2D eigenvalue weighted by atomic mass is 9.92. The first-order valence-corrected chi connectivity index (χ1v) is 8.59. The van der Waals surface area contributed by atoms with Gasteiger partial charge in [0, 0.05) is 17.9 Å². The monoisotopic (exact) mass is 338 g/mol. The van der Waals surface area contributed by atoms with Gasteiger partial charge in [0.1, 0.15) is 6.10 Å². The average Bonchev–Trinajstić information content (AvgIpc) is 3.20. The van der Waals surface area contributed by atoms with Gasteiger partial charge in [-0.15, -0.1) is 0 Å². The van der Waals surface area contributed by atoms with E-state index in [9.17, 15) is 0 Å². The molecule has 0 N–H and O–H groups in total. The number of fused-ring (bicyclic) bond motifs is 2. The lowest BCUT2D eigenvalue weighted by Crippen LogP contribution is -2.19. The quantitative estimate of drug-likeness (QED) is 0.819. The van der Waals surface area contributed by atoms with Gasteiger partial charge in [-0.1, -0.05) is 25.1 Å². The van der Waals surface area contributed by atoms with Crippen molar-refractivity contribution in [2.24, 2.45) is 0 Å². The summed E-state index contributed by atoms with van der Waals surface area (Å²) in [5.41, 5.74) is 3.53. The number of methoxy groups -OCH3 is 1. The highest BCUT2D eigenvalue weighted by molar-refractivity contribution is 5.61. The van der Waals surface area contributed by atoms with E-state index in [1.54, 1.807) is 7.11 Å². The van der Waals surface area contributed by atoms with Gasteiger partial charge in [-0.25, -0.2) is 0 Å². The van der Waals surface area contributed by atoms with Crippen LogP contribution in [0, 0.1) is 0 Å². The van der Waals surface area contributed by atoms with E-state index < -0.39 is 0 Å². The molecule has 0 spiro atoms. The zero-order valence-electron chi connectivity index (χ0n) is 14.7. The Morgan fingerprint density at radius 3 is 2.80 bits per heavy atom. The molecule has 0 bridgehead atoms. The molecule has 0 aliphatic carbocycles. The SMILES string of the molecule is CC=Cc1cc(OC)c2c(c1)C(C)C(Cc1ccc3c(c1)OCO3)O2. The third-order valence-corrected chi connectivity index (χ3v) is 4.88. The smallest absolute Gasteiger partial charge is 0.231 e. The zero-order chi connectivity index (χ0) is 17.4. The fraction of sp³-hybridized carbons (Fsp3) is 0.333. The Labute approximate surface area is 148 Å².